The summed E-state index contributed by atoms with van der Waals surface area (Å²) < 4.78 is 5.59. The Morgan fingerprint density at radius 1 is 1.29 bits per heavy atom. The monoisotopic (exact) mass is 322 g/mol. The molecule has 0 atom stereocenters. The molecule has 0 aliphatic carbocycles. The van der Waals surface area contributed by atoms with Crippen molar-refractivity contribution in [3.8, 4) is 0 Å². The molecule has 0 aromatic carbocycles. The van der Waals surface area contributed by atoms with Gasteiger partial charge in [0.2, 0.25) is 0 Å². The number of nitrogens with zero attached hydrogens (tertiary/aromatic N) is 4. The van der Waals surface area contributed by atoms with Crippen molar-refractivity contribution in [1.82, 2.24) is 18.7 Å². The Morgan fingerprint density at radius 3 is 2.81 bits per heavy atom. The fraction of sp³-hybridized carbons (Fsp3) is 0.308. The van der Waals surface area contributed by atoms with Gasteiger partial charge < -0.3 is 4.57 Å². The van der Waals surface area contributed by atoms with E-state index < -0.39 is 0 Å². The Balaban J connectivity index is 1.93. The van der Waals surface area contributed by atoms with Gasteiger partial charge in [-0.25, -0.2) is 9.78 Å². The van der Waals surface area contributed by atoms with Crippen LogP contribution in [-0.2, 0) is 20.6 Å². The van der Waals surface area contributed by atoms with E-state index in [2.05, 4.69) is 11.1 Å². The molecule has 3 rings (SSSR count). The summed E-state index contributed by atoms with van der Waals surface area (Å²) in [6.45, 7) is 0.673. The number of fused-ring (bicyclic) bond motifs is 1. The van der Waals surface area contributed by atoms with Gasteiger partial charge in [0, 0.05) is 26.4 Å². The Bertz CT molecular complexity index is 889. The van der Waals surface area contributed by atoms with Crippen LogP contribution in [-0.4, -0.2) is 24.4 Å². The van der Waals surface area contributed by atoms with Gasteiger partial charge in [0.05, 0.1) is 10.5 Å². The largest absolute Gasteiger partial charge is 0.332 e. The first-order chi connectivity index (χ1) is 10.1. The number of imidazole rings is 1. The minimum atomic E-state index is -0.356. The Morgan fingerprint density at radius 2 is 2.10 bits per heavy atom. The van der Waals surface area contributed by atoms with E-state index in [0.29, 0.717) is 17.7 Å². The molecule has 110 valence electrons. The number of aryl methyl sites for hydroxylation is 2. The van der Waals surface area contributed by atoms with Crippen LogP contribution in [0.2, 0.25) is 0 Å². The zero-order valence-electron chi connectivity index (χ0n) is 11.6. The summed E-state index contributed by atoms with van der Waals surface area (Å²) in [5.74, 6) is 0.845. The second-order valence-corrected chi connectivity index (χ2v) is 6.94. The Labute approximate surface area is 128 Å². The second kappa shape index (κ2) is 5.53. The van der Waals surface area contributed by atoms with E-state index in [0.717, 1.165) is 10.3 Å². The lowest BCUT2D eigenvalue weighted by molar-refractivity contribution is 0.700. The molecular formula is C13H14N4O2S2. The molecule has 0 fully saturated rings. The highest BCUT2D eigenvalue weighted by molar-refractivity contribution is 8.01. The predicted molar refractivity (Wildman–Crippen MR) is 85.3 cm³/mol. The first kappa shape index (κ1) is 14.2. The first-order valence-electron chi connectivity index (χ1n) is 6.36. The standard InChI is InChI=1S/C13H14N4O2S2/c1-15-11-10(12(18)16(2)13(15)19)17(8-14-11)5-7-21-9-4-3-6-20-9/h3-4,6,8H,5,7H2,1-2H3. The summed E-state index contributed by atoms with van der Waals surface area (Å²) in [5, 5.41) is 2.04. The average molecular weight is 322 g/mol. The van der Waals surface area contributed by atoms with Crippen molar-refractivity contribution >= 4 is 34.3 Å². The molecule has 0 N–H and O–H groups in total. The maximum Gasteiger partial charge on any atom is 0.332 e. The van der Waals surface area contributed by atoms with Gasteiger partial charge >= 0.3 is 5.69 Å². The van der Waals surface area contributed by atoms with Crippen LogP contribution in [0.4, 0.5) is 0 Å². The van der Waals surface area contributed by atoms with E-state index in [1.54, 1.807) is 36.5 Å². The fourth-order valence-electron chi connectivity index (χ4n) is 2.16. The fourth-order valence-corrected chi connectivity index (χ4v) is 3.96. The SMILES string of the molecule is Cn1c(=O)c2c(ncn2CCSc2cccs2)n(C)c1=O. The minimum absolute atomic E-state index is 0.299. The van der Waals surface area contributed by atoms with Crippen LogP contribution in [0.15, 0.2) is 37.6 Å². The molecule has 3 heterocycles. The lowest BCUT2D eigenvalue weighted by Crippen LogP contribution is -2.37. The molecule has 0 aliphatic rings. The quantitative estimate of drug-likeness (QED) is 0.679. The van der Waals surface area contributed by atoms with Gasteiger partial charge in [-0.2, -0.15) is 0 Å². The molecule has 3 aromatic heterocycles. The first-order valence-corrected chi connectivity index (χ1v) is 8.23. The van der Waals surface area contributed by atoms with Gasteiger partial charge in [0.25, 0.3) is 5.56 Å². The van der Waals surface area contributed by atoms with Crippen LogP contribution >= 0.6 is 23.1 Å². The van der Waals surface area contributed by atoms with E-state index in [1.165, 1.54) is 15.8 Å². The van der Waals surface area contributed by atoms with Gasteiger partial charge in [0.1, 0.15) is 0 Å². The van der Waals surface area contributed by atoms with Gasteiger partial charge in [-0.15, -0.1) is 23.1 Å². The third-order valence-corrected chi connectivity index (χ3v) is 5.40. The molecule has 21 heavy (non-hydrogen) atoms. The third-order valence-electron chi connectivity index (χ3n) is 3.29. The smallest absolute Gasteiger partial charge is 0.324 e. The second-order valence-electron chi connectivity index (χ2n) is 4.60. The Hall–Kier alpha value is -1.80. The van der Waals surface area contributed by atoms with Gasteiger partial charge in [-0.3, -0.25) is 13.9 Å². The molecule has 0 radical (unpaired) electrons. The molecule has 8 heteroatoms. The third kappa shape index (κ3) is 2.44. The summed E-state index contributed by atoms with van der Waals surface area (Å²) in [6.07, 6.45) is 1.63. The van der Waals surface area contributed by atoms with Crippen LogP contribution in [0.25, 0.3) is 11.2 Å². The summed E-state index contributed by atoms with van der Waals surface area (Å²) in [7, 11) is 3.11. The number of aromatic nitrogens is 4. The Kier molecular flexibility index (Phi) is 3.73. The lowest BCUT2D eigenvalue weighted by atomic mass is 10.5. The van der Waals surface area contributed by atoms with Crippen molar-refractivity contribution in [1.29, 1.82) is 0 Å². The minimum Gasteiger partial charge on any atom is -0.324 e. The highest BCUT2D eigenvalue weighted by Crippen LogP contribution is 2.23. The average Bonchev–Trinajstić information content (AvgIpc) is 3.12. The van der Waals surface area contributed by atoms with Crippen LogP contribution < -0.4 is 11.2 Å². The van der Waals surface area contributed by atoms with Crippen molar-refractivity contribution in [3.05, 3.63) is 44.7 Å². The summed E-state index contributed by atoms with van der Waals surface area (Å²) in [5.41, 5.74) is 0.257. The van der Waals surface area contributed by atoms with E-state index in [9.17, 15) is 9.59 Å². The molecule has 0 unspecified atom stereocenters. The summed E-state index contributed by atoms with van der Waals surface area (Å²) in [4.78, 5) is 28.3. The highest BCUT2D eigenvalue weighted by atomic mass is 32.2. The predicted octanol–water partition coefficient (Wildman–Crippen LogP) is 1.29. The zero-order chi connectivity index (χ0) is 15.0. The van der Waals surface area contributed by atoms with Gasteiger partial charge in [-0.05, 0) is 11.4 Å². The maximum absolute atomic E-state index is 12.3. The molecule has 0 saturated heterocycles. The van der Waals surface area contributed by atoms with Crippen molar-refractivity contribution < 1.29 is 0 Å². The van der Waals surface area contributed by atoms with Crippen LogP contribution in [0.5, 0.6) is 0 Å². The van der Waals surface area contributed by atoms with E-state index in [4.69, 9.17) is 0 Å². The highest BCUT2D eigenvalue weighted by Gasteiger charge is 2.13. The molecule has 0 amide bonds. The molecule has 0 aliphatic heterocycles. The van der Waals surface area contributed by atoms with E-state index >= 15 is 0 Å². The van der Waals surface area contributed by atoms with Crippen molar-refractivity contribution in [3.63, 3.8) is 0 Å². The normalized spacial score (nSPS) is 11.3. The summed E-state index contributed by atoms with van der Waals surface area (Å²) >= 11 is 3.44. The molecule has 6 nitrogen and oxygen atoms in total. The maximum atomic E-state index is 12.3. The van der Waals surface area contributed by atoms with Gasteiger partial charge in [-0.1, -0.05) is 6.07 Å². The van der Waals surface area contributed by atoms with Crippen molar-refractivity contribution in [2.45, 2.75) is 10.8 Å². The van der Waals surface area contributed by atoms with Gasteiger partial charge in [0.15, 0.2) is 11.2 Å². The number of rotatable bonds is 4. The van der Waals surface area contributed by atoms with E-state index in [-0.39, 0.29) is 11.2 Å². The summed E-state index contributed by atoms with van der Waals surface area (Å²) in [6, 6.07) is 4.09. The lowest BCUT2D eigenvalue weighted by Gasteiger charge is -2.06. The van der Waals surface area contributed by atoms with E-state index in [1.807, 2.05) is 16.0 Å². The topological polar surface area (TPSA) is 61.8 Å². The molecular weight excluding hydrogens is 308 g/mol. The van der Waals surface area contributed by atoms with Crippen LogP contribution in [0.3, 0.4) is 0 Å². The van der Waals surface area contributed by atoms with Crippen molar-refractivity contribution in [2.24, 2.45) is 14.1 Å². The number of hydrogen-bond acceptors (Lipinski definition) is 5. The van der Waals surface area contributed by atoms with Crippen molar-refractivity contribution in [2.75, 3.05) is 5.75 Å². The molecule has 0 spiro atoms. The zero-order valence-corrected chi connectivity index (χ0v) is 13.3. The molecule has 0 saturated carbocycles. The number of thiophene rings is 1. The molecule has 3 aromatic rings. The molecule has 0 bridgehead atoms. The van der Waals surface area contributed by atoms with Crippen LogP contribution in [0, 0.1) is 0 Å². The number of thioether (sulfide) groups is 1. The number of hydrogen-bond donors (Lipinski definition) is 0. The van der Waals surface area contributed by atoms with Crippen LogP contribution in [0.1, 0.15) is 0 Å².